The lowest BCUT2D eigenvalue weighted by atomic mass is 10.1. The van der Waals surface area contributed by atoms with Crippen molar-refractivity contribution in [2.75, 3.05) is 24.5 Å². The minimum Gasteiger partial charge on any atom is -0.372 e. The first-order valence-electron chi connectivity index (χ1n) is 8.64. The fourth-order valence-corrected chi connectivity index (χ4v) is 3.49. The molecule has 7 heteroatoms. The van der Waals surface area contributed by atoms with Crippen LogP contribution in [-0.2, 0) is 14.3 Å². The van der Waals surface area contributed by atoms with Gasteiger partial charge in [0, 0.05) is 38.3 Å². The Kier molecular flexibility index (Phi) is 4.62. The van der Waals surface area contributed by atoms with Crippen LogP contribution in [0.5, 0.6) is 0 Å². The van der Waals surface area contributed by atoms with Gasteiger partial charge in [-0.2, -0.15) is 5.10 Å². The number of nitrogens with zero attached hydrogens (tertiary/aromatic N) is 4. The molecule has 0 radical (unpaired) electrons. The molecule has 3 heterocycles. The Balaban J connectivity index is 1.68. The highest BCUT2D eigenvalue weighted by atomic mass is 16.5. The SMILES string of the molecule is CC(C)n1cc(N2C[C@@H](C(=O)N3C[C@@H](C)O[C@@H](C)C3)CC2=O)cn1. The van der Waals surface area contributed by atoms with Crippen molar-refractivity contribution in [3.05, 3.63) is 12.4 Å². The van der Waals surface area contributed by atoms with Crippen LogP contribution >= 0.6 is 0 Å². The van der Waals surface area contributed by atoms with Crippen molar-refractivity contribution in [3.8, 4) is 0 Å². The fraction of sp³-hybridized carbons (Fsp3) is 0.706. The van der Waals surface area contributed by atoms with E-state index in [0.717, 1.165) is 5.69 Å². The van der Waals surface area contributed by atoms with Crippen molar-refractivity contribution in [3.63, 3.8) is 0 Å². The predicted octanol–water partition coefficient (Wildman–Crippen LogP) is 1.45. The monoisotopic (exact) mass is 334 g/mol. The topological polar surface area (TPSA) is 67.7 Å². The summed E-state index contributed by atoms with van der Waals surface area (Å²) in [7, 11) is 0. The second-order valence-corrected chi connectivity index (χ2v) is 7.18. The summed E-state index contributed by atoms with van der Waals surface area (Å²) < 4.78 is 7.51. The van der Waals surface area contributed by atoms with Gasteiger partial charge in [-0.15, -0.1) is 0 Å². The maximum atomic E-state index is 12.8. The van der Waals surface area contributed by atoms with Crippen molar-refractivity contribution >= 4 is 17.5 Å². The molecule has 7 nitrogen and oxygen atoms in total. The first-order valence-corrected chi connectivity index (χ1v) is 8.64. The number of carbonyl (C=O) groups is 2. The highest BCUT2D eigenvalue weighted by molar-refractivity contribution is 6.00. The number of aromatic nitrogens is 2. The van der Waals surface area contributed by atoms with E-state index in [2.05, 4.69) is 5.10 Å². The number of hydrogen-bond acceptors (Lipinski definition) is 4. The molecule has 1 aromatic rings. The molecule has 132 valence electrons. The molecule has 0 aromatic carbocycles. The van der Waals surface area contributed by atoms with Crippen LogP contribution in [-0.4, -0.2) is 58.3 Å². The number of anilines is 1. The van der Waals surface area contributed by atoms with Crippen molar-refractivity contribution in [2.24, 2.45) is 5.92 Å². The van der Waals surface area contributed by atoms with E-state index in [1.807, 2.05) is 43.5 Å². The van der Waals surface area contributed by atoms with Gasteiger partial charge in [-0.05, 0) is 27.7 Å². The highest BCUT2D eigenvalue weighted by Crippen LogP contribution is 2.27. The van der Waals surface area contributed by atoms with Gasteiger partial charge in [0.15, 0.2) is 0 Å². The zero-order valence-corrected chi connectivity index (χ0v) is 14.8. The summed E-state index contributed by atoms with van der Waals surface area (Å²) >= 11 is 0. The third-order valence-electron chi connectivity index (χ3n) is 4.63. The van der Waals surface area contributed by atoms with Gasteiger partial charge in [0.05, 0.1) is 30.0 Å². The number of morpholine rings is 1. The Labute approximate surface area is 142 Å². The van der Waals surface area contributed by atoms with Gasteiger partial charge in [-0.25, -0.2) is 0 Å². The van der Waals surface area contributed by atoms with Crippen LogP contribution in [0.15, 0.2) is 12.4 Å². The van der Waals surface area contributed by atoms with Gasteiger partial charge in [0.1, 0.15) is 0 Å². The van der Waals surface area contributed by atoms with E-state index >= 15 is 0 Å². The van der Waals surface area contributed by atoms with Crippen LogP contribution in [0.1, 0.15) is 40.2 Å². The van der Waals surface area contributed by atoms with Crippen LogP contribution in [0.25, 0.3) is 0 Å². The van der Waals surface area contributed by atoms with Gasteiger partial charge in [0.2, 0.25) is 11.8 Å². The molecule has 0 saturated carbocycles. The van der Waals surface area contributed by atoms with Crippen molar-refractivity contribution in [1.82, 2.24) is 14.7 Å². The Bertz CT molecular complexity index is 617. The van der Waals surface area contributed by atoms with Gasteiger partial charge in [0.25, 0.3) is 0 Å². The first kappa shape index (κ1) is 17.0. The first-order chi connectivity index (χ1) is 11.3. The van der Waals surface area contributed by atoms with Crippen molar-refractivity contribution in [2.45, 2.75) is 52.4 Å². The lowest BCUT2D eigenvalue weighted by Crippen LogP contribution is -2.50. The third kappa shape index (κ3) is 3.31. The maximum Gasteiger partial charge on any atom is 0.228 e. The van der Waals surface area contributed by atoms with Gasteiger partial charge in [-0.1, -0.05) is 0 Å². The molecular formula is C17H26N4O3. The van der Waals surface area contributed by atoms with Crippen LogP contribution in [0.4, 0.5) is 5.69 Å². The Morgan fingerprint density at radius 3 is 2.50 bits per heavy atom. The third-order valence-corrected chi connectivity index (χ3v) is 4.63. The Morgan fingerprint density at radius 2 is 1.92 bits per heavy atom. The molecule has 2 aliphatic rings. The predicted molar refractivity (Wildman–Crippen MR) is 89.7 cm³/mol. The fourth-order valence-electron chi connectivity index (χ4n) is 3.49. The average molecular weight is 334 g/mol. The summed E-state index contributed by atoms with van der Waals surface area (Å²) in [5.74, 6) is -0.229. The van der Waals surface area contributed by atoms with Crippen molar-refractivity contribution < 1.29 is 14.3 Å². The summed E-state index contributed by atoms with van der Waals surface area (Å²) in [6.45, 7) is 9.65. The van der Waals surface area contributed by atoms with E-state index < -0.39 is 0 Å². The molecule has 1 aromatic heterocycles. The molecule has 2 saturated heterocycles. The number of rotatable bonds is 3. The van der Waals surface area contributed by atoms with Gasteiger partial charge >= 0.3 is 0 Å². The minimum absolute atomic E-state index is 0.00832. The molecule has 0 spiro atoms. The van der Waals surface area contributed by atoms with Crippen LogP contribution in [0.2, 0.25) is 0 Å². The van der Waals surface area contributed by atoms with Crippen LogP contribution in [0.3, 0.4) is 0 Å². The molecule has 24 heavy (non-hydrogen) atoms. The summed E-state index contributed by atoms with van der Waals surface area (Å²) in [6, 6.07) is 0.241. The Morgan fingerprint density at radius 1 is 1.25 bits per heavy atom. The average Bonchev–Trinajstić information content (AvgIpc) is 3.11. The summed E-state index contributed by atoms with van der Waals surface area (Å²) in [6.07, 6.45) is 3.91. The van der Waals surface area contributed by atoms with E-state index in [0.29, 0.717) is 19.6 Å². The molecule has 3 rings (SSSR count). The molecule has 0 unspecified atom stereocenters. The zero-order chi connectivity index (χ0) is 17.4. The molecular weight excluding hydrogens is 308 g/mol. The summed E-state index contributed by atoms with van der Waals surface area (Å²) in [5.41, 5.74) is 0.771. The molecule has 0 bridgehead atoms. The Hall–Kier alpha value is -1.89. The van der Waals surface area contributed by atoms with Gasteiger partial charge < -0.3 is 14.5 Å². The minimum atomic E-state index is -0.280. The summed E-state index contributed by atoms with van der Waals surface area (Å²) in [5, 5.41) is 4.29. The second-order valence-electron chi connectivity index (χ2n) is 7.18. The van der Waals surface area contributed by atoms with E-state index in [4.69, 9.17) is 4.74 Å². The van der Waals surface area contributed by atoms with E-state index in [1.54, 1.807) is 11.1 Å². The maximum absolute atomic E-state index is 12.8. The van der Waals surface area contributed by atoms with Crippen LogP contribution < -0.4 is 4.90 Å². The molecule has 0 aliphatic carbocycles. The standard InChI is InChI=1S/C17H26N4O3/c1-11(2)21-10-15(6-18-21)20-9-14(5-16(20)22)17(23)19-7-12(3)24-13(4)8-19/h6,10-14H,5,7-9H2,1-4H3/t12-,13+,14-/m0/s1. The summed E-state index contributed by atoms with van der Waals surface area (Å²) in [4.78, 5) is 28.7. The molecule has 2 fully saturated rings. The lowest BCUT2D eigenvalue weighted by molar-refractivity contribution is -0.147. The quantitative estimate of drug-likeness (QED) is 0.839. The smallest absolute Gasteiger partial charge is 0.228 e. The largest absolute Gasteiger partial charge is 0.372 e. The van der Waals surface area contributed by atoms with E-state index in [9.17, 15) is 9.59 Å². The highest BCUT2D eigenvalue weighted by Gasteiger charge is 2.39. The number of hydrogen-bond donors (Lipinski definition) is 0. The normalized spacial score (nSPS) is 28.0. The number of ether oxygens (including phenoxy) is 1. The lowest BCUT2D eigenvalue weighted by Gasteiger charge is -2.36. The molecule has 2 aliphatic heterocycles. The van der Waals surface area contributed by atoms with E-state index in [-0.39, 0.29) is 42.4 Å². The van der Waals surface area contributed by atoms with Crippen LogP contribution in [0, 0.1) is 5.92 Å². The van der Waals surface area contributed by atoms with Gasteiger partial charge in [-0.3, -0.25) is 14.3 Å². The van der Waals surface area contributed by atoms with Crippen molar-refractivity contribution in [1.29, 1.82) is 0 Å². The number of carbonyl (C=O) groups excluding carboxylic acids is 2. The van der Waals surface area contributed by atoms with E-state index in [1.165, 1.54) is 0 Å². The number of amides is 2. The zero-order valence-electron chi connectivity index (χ0n) is 14.8. The molecule has 2 amide bonds. The molecule has 3 atom stereocenters. The second kappa shape index (κ2) is 6.55. The molecule has 0 N–H and O–H groups in total.